The predicted molar refractivity (Wildman–Crippen MR) is 69.3 cm³/mol. The van der Waals surface area contributed by atoms with Gasteiger partial charge in [-0.2, -0.15) is 0 Å². The second-order valence-corrected chi connectivity index (χ2v) is 5.61. The van der Waals surface area contributed by atoms with Gasteiger partial charge in [-0.3, -0.25) is 0 Å². The largest absolute Gasteiger partial charge is 0.496 e. The number of hydrogen-bond acceptors (Lipinski definition) is 2. The molecule has 0 aliphatic heterocycles. The molecule has 2 nitrogen and oxygen atoms in total. The smallest absolute Gasteiger partial charge is 0.131 e. The molecular weight excluding hydrogens is 229 g/mol. The van der Waals surface area contributed by atoms with E-state index in [2.05, 4.69) is 0 Å². The highest BCUT2D eigenvalue weighted by Gasteiger charge is 2.38. The van der Waals surface area contributed by atoms with Crippen molar-refractivity contribution >= 4 is 0 Å². The highest BCUT2D eigenvalue weighted by molar-refractivity contribution is 5.49. The Bertz CT molecular complexity index is 480. The van der Waals surface area contributed by atoms with Crippen molar-refractivity contribution in [3.05, 3.63) is 28.6 Å². The first-order valence-corrected chi connectivity index (χ1v) is 6.83. The van der Waals surface area contributed by atoms with Crippen molar-refractivity contribution in [2.45, 2.75) is 50.5 Å². The van der Waals surface area contributed by atoms with E-state index < -0.39 is 5.54 Å². The summed E-state index contributed by atoms with van der Waals surface area (Å²) in [5.74, 6) is 0.769. The third kappa shape index (κ3) is 1.64. The number of hydrogen-bond donors (Lipinski definition) is 1. The van der Waals surface area contributed by atoms with Gasteiger partial charge in [0.15, 0.2) is 0 Å². The van der Waals surface area contributed by atoms with Gasteiger partial charge in [0.25, 0.3) is 0 Å². The van der Waals surface area contributed by atoms with Crippen molar-refractivity contribution in [2.24, 2.45) is 5.73 Å². The highest BCUT2D eigenvalue weighted by atomic mass is 19.1. The number of halogens is 1. The van der Waals surface area contributed by atoms with Crippen molar-refractivity contribution in [3.63, 3.8) is 0 Å². The molecule has 2 aliphatic rings. The maximum atomic E-state index is 14.7. The average Bonchev–Trinajstić information content (AvgIpc) is 2.37. The lowest BCUT2D eigenvalue weighted by atomic mass is 9.71. The molecule has 0 spiro atoms. The maximum Gasteiger partial charge on any atom is 0.131 e. The Hall–Kier alpha value is -1.09. The van der Waals surface area contributed by atoms with E-state index in [-0.39, 0.29) is 5.82 Å². The Labute approximate surface area is 107 Å². The van der Waals surface area contributed by atoms with Gasteiger partial charge >= 0.3 is 0 Å². The first kappa shape index (κ1) is 12.0. The average molecular weight is 249 g/mol. The summed E-state index contributed by atoms with van der Waals surface area (Å²) in [6, 6.07) is 1.85. The van der Waals surface area contributed by atoms with Crippen LogP contribution in [0.25, 0.3) is 0 Å². The normalized spacial score (nSPS) is 21.1. The van der Waals surface area contributed by atoms with Crippen molar-refractivity contribution in [2.75, 3.05) is 7.11 Å². The van der Waals surface area contributed by atoms with Gasteiger partial charge in [0.05, 0.1) is 7.11 Å². The monoisotopic (exact) mass is 249 g/mol. The molecule has 0 unspecified atom stereocenters. The van der Waals surface area contributed by atoms with Gasteiger partial charge in [-0.25, -0.2) is 4.39 Å². The first-order valence-electron chi connectivity index (χ1n) is 6.83. The zero-order chi connectivity index (χ0) is 12.8. The van der Waals surface area contributed by atoms with E-state index in [4.69, 9.17) is 10.5 Å². The Morgan fingerprint density at radius 2 is 1.83 bits per heavy atom. The predicted octanol–water partition coefficient (Wildman–Crippen LogP) is 3.05. The fourth-order valence-electron chi connectivity index (χ4n) is 3.24. The van der Waals surface area contributed by atoms with Crippen LogP contribution in [0.3, 0.4) is 0 Å². The van der Waals surface area contributed by atoms with Crippen LogP contribution in [0.2, 0.25) is 0 Å². The van der Waals surface area contributed by atoms with Gasteiger partial charge < -0.3 is 10.5 Å². The zero-order valence-electron chi connectivity index (χ0n) is 10.9. The van der Waals surface area contributed by atoms with Crippen LogP contribution in [0.5, 0.6) is 5.75 Å². The summed E-state index contributed by atoms with van der Waals surface area (Å²) in [4.78, 5) is 0. The van der Waals surface area contributed by atoms with E-state index >= 15 is 0 Å². The summed E-state index contributed by atoms with van der Waals surface area (Å²) in [6.07, 6.45) is 6.78. The number of fused-ring (bicyclic) bond motifs is 1. The molecule has 2 N–H and O–H groups in total. The minimum Gasteiger partial charge on any atom is -0.496 e. The summed E-state index contributed by atoms with van der Waals surface area (Å²) in [5.41, 5.74) is 8.42. The Morgan fingerprint density at radius 1 is 1.17 bits per heavy atom. The maximum absolute atomic E-state index is 14.7. The molecular formula is C15H20FNO. The van der Waals surface area contributed by atoms with Crippen LogP contribution >= 0.6 is 0 Å². The summed E-state index contributed by atoms with van der Waals surface area (Å²) < 4.78 is 20.1. The standard InChI is InChI=1S/C15H20FNO/c1-18-13-9-12(15(17)7-4-8-15)14(16)11-6-3-2-5-10(11)13/h9H,2-8,17H2,1H3. The quantitative estimate of drug-likeness (QED) is 0.874. The molecule has 3 heteroatoms. The van der Waals surface area contributed by atoms with Crippen molar-refractivity contribution in [1.29, 1.82) is 0 Å². The lowest BCUT2D eigenvalue weighted by molar-refractivity contribution is 0.243. The Balaban J connectivity index is 2.15. The summed E-state index contributed by atoms with van der Waals surface area (Å²) in [6.45, 7) is 0. The molecule has 0 aromatic heterocycles. The molecule has 3 rings (SSSR count). The SMILES string of the molecule is COc1cc(C2(N)CCC2)c(F)c2c1CCCC2. The Morgan fingerprint density at radius 3 is 2.39 bits per heavy atom. The van der Waals surface area contributed by atoms with E-state index in [9.17, 15) is 4.39 Å². The van der Waals surface area contributed by atoms with E-state index in [1.54, 1.807) is 7.11 Å². The minimum absolute atomic E-state index is 0.0623. The van der Waals surface area contributed by atoms with Gasteiger partial charge in [0, 0.05) is 16.7 Å². The van der Waals surface area contributed by atoms with Gasteiger partial charge in [-0.15, -0.1) is 0 Å². The lowest BCUT2D eigenvalue weighted by Gasteiger charge is -2.40. The van der Waals surface area contributed by atoms with Crippen LogP contribution in [0.15, 0.2) is 6.07 Å². The molecule has 0 bridgehead atoms. The van der Waals surface area contributed by atoms with Gasteiger partial charge in [0.1, 0.15) is 11.6 Å². The summed E-state index contributed by atoms with van der Waals surface area (Å²) in [7, 11) is 1.66. The number of ether oxygens (including phenoxy) is 1. The molecule has 0 amide bonds. The topological polar surface area (TPSA) is 35.2 Å². The van der Waals surface area contributed by atoms with E-state index in [0.717, 1.165) is 61.8 Å². The molecule has 1 fully saturated rings. The third-order valence-corrected chi connectivity index (χ3v) is 4.54. The van der Waals surface area contributed by atoms with Crippen LogP contribution in [-0.4, -0.2) is 7.11 Å². The zero-order valence-corrected chi connectivity index (χ0v) is 10.9. The van der Waals surface area contributed by atoms with Crippen LogP contribution < -0.4 is 10.5 Å². The van der Waals surface area contributed by atoms with E-state index in [1.165, 1.54) is 0 Å². The number of benzene rings is 1. The van der Waals surface area contributed by atoms with Crippen molar-refractivity contribution in [3.8, 4) is 5.75 Å². The van der Waals surface area contributed by atoms with Crippen molar-refractivity contribution < 1.29 is 9.13 Å². The van der Waals surface area contributed by atoms with Crippen LogP contribution in [0.4, 0.5) is 4.39 Å². The molecule has 0 radical (unpaired) electrons. The Kier molecular flexibility index (Phi) is 2.81. The third-order valence-electron chi connectivity index (χ3n) is 4.54. The van der Waals surface area contributed by atoms with Crippen LogP contribution in [0, 0.1) is 5.82 Å². The summed E-state index contributed by atoms with van der Waals surface area (Å²) in [5, 5.41) is 0. The van der Waals surface area contributed by atoms with E-state index in [1.807, 2.05) is 6.07 Å². The fourth-order valence-corrected chi connectivity index (χ4v) is 3.24. The van der Waals surface area contributed by atoms with Crippen LogP contribution in [0.1, 0.15) is 48.8 Å². The summed E-state index contributed by atoms with van der Waals surface area (Å²) >= 11 is 0. The molecule has 0 atom stereocenters. The van der Waals surface area contributed by atoms with Gasteiger partial charge in [-0.1, -0.05) is 0 Å². The first-order chi connectivity index (χ1) is 8.65. The molecule has 1 saturated carbocycles. The highest BCUT2D eigenvalue weighted by Crippen LogP contribution is 2.44. The van der Waals surface area contributed by atoms with E-state index in [0.29, 0.717) is 5.56 Å². The second kappa shape index (κ2) is 4.23. The molecule has 0 heterocycles. The second-order valence-electron chi connectivity index (χ2n) is 5.61. The van der Waals surface area contributed by atoms with Gasteiger partial charge in [0.2, 0.25) is 0 Å². The molecule has 18 heavy (non-hydrogen) atoms. The lowest BCUT2D eigenvalue weighted by Crippen LogP contribution is -2.44. The molecule has 2 aliphatic carbocycles. The van der Waals surface area contributed by atoms with Crippen LogP contribution in [-0.2, 0) is 18.4 Å². The molecule has 0 saturated heterocycles. The number of nitrogens with two attached hydrogens (primary N) is 1. The minimum atomic E-state index is -0.455. The number of rotatable bonds is 2. The molecule has 1 aromatic rings. The number of methoxy groups -OCH3 is 1. The van der Waals surface area contributed by atoms with Crippen molar-refractivity contribution in [1.82, 2.24) is 0 Å². The molecule has 98 valence electrons. The van der Waals surface area contributed by atoms with Gasteiger partial charge in [-0.05, 0) is 56.6 Å². The fraction of sp³-hybridized carbons (Fsp3) is 0.600. The molecule has 1 aromatic carbocycles.